The number of oxime groups is 1. The molecule has 0 bridgehead atoms. The quantitative estimate of drug-likeness (QED) is 0.472. The molecule has 3 aliphatic rings. The topological polar surface area (TPSA) is 88.4 Å². The third-order valence-corrected chi connectivity index (χ3v) is 7.80. The molecular formula is C28H23BrN2O5. The number of carbonyl (C=O) groups excluding carboxylic acids is 1. The van der Waals surface area contributed by atoms with E-state index in [1.807, 2.05) is 60.7 Å². The predicted molar refractivity (Wildman–Crippen MR) is 137 cm³/mol. The maximum absolute atomic E-state index is 13.2. The number of rotatable bonds is 4. The molecule has 182 valence electrons. The number of likely N-dealkylation sites (tertiary alicyclic amines) is 1. The van der Waals surface area contributed by atoms with Crippen molar-refractivity contribution in [3.8, 4) is 11.1 Å². The Morgan fingerprint density at radius 2 is 1.67 bits per heavy atom. The molecule has 0 saturated carbocycles. The van der Waals surface area contributed by atoms with Gasteiger partial charge in [-0.05, 0) is 39.9 Å². The highest BCUT2D eigenvalue weighted by Crippen LogP contribution is 2.45. The van der Waals surface area contributed by atoms with Crippen LogP contribution in [0.5, 0.6) is 0 Å². The molecule has 2 aliphatic heterocycles. The molecule has 1 aliphatic carbocycles. The second-order valence-electron chi connectivity index (χ2n) is 9.49. The largest absolute Gasteiger partial charge is 0.480 e. The number of fused-ring (bicyclic) bond motifs is 3. The third-order valence-electron chi connectivity index (χ3n) is 7.27. The van der Waals surface area contributed by atoms with E-state index in [-0.39, 0.29) is 25.5 Å². The van der Waals surface area contributed by atoms with E-state index in [0.29, 0.717) is 6.42 Å². The molecule has 0 unspecified atom stereocenters. The predicted octanol–water partition coefficient (Wildman–Crippen LogP) is 5.42. The number of hydrogen-bond donors (Lipinski definition) is 1. The minimum absolute atomic E-state index is 0.101. The molecule has 2 heterocycles. The number of nitrogens with zero attached hydrogens (tertiary/aromatic N) is 2. The van der Waals surface area contributed by atoms with Crippen molar-refractivity contribution in [1.29, 1.82) is 0 Å². The number of carboxylic acids is 1. The monoisotopic (exact) mass is 546 g/mol. The number of carboxylic acid groups (broad SMARTS) is 1. The fourth-order valence-electron chi connectivity index (χ4n) is 5.55. The van der Waals surface area contributed by atoms with Gasteiger partial charge in [0.1, 0.15) is 12.6 Å². The summed E-state index contributed by atoms with van der Waals surface area (Å²) in [5, 5.41) is 14.1. The molecule has 3 aromatic rings. The van der Waals surface area contributed by atoms with Crippen molar-refractivity contribution in [2.45, 2.75) is 30.4 Å². The summed E-state index contributed by atoms with van der Waals surface area (Å²) in [6.45, 7) is 0.231. The van der Waals surface area contributed by atoms with Crippen molar-refractivity contribution < 1.29 is 24.3 Å². The normalized spacial score (nSPS) is 22.2. The number of aliphatic carboxylic acids is 1. The molecule has 36 heavy (non-hydrogen) atoms. The molecule has 6 rings (SSSR count). The molecule has 8 heteroatoms. The molecule has 7 nitrogen and oxygen atoms in total. The first kappa shape index (κ1) is 22.8. The van der Waals surface area contributed by atoms with Crippen LogP contribution in [0.15, 0.2) is 82.4 Å². The van der Waals surface area contributed by atoms with Crippen LogP contribution in [0, 0.1) is 0 Å². The summed E-state index contributed by atoms with van der Waals surface area (Å²) in [5.41, 5.74) is 5.24. The van der Waals surface area contributed by atoms with E-state index in [2.05, 4.69) is 33.2 Å². The summed E-state index contributed by atoms with van der Waals surface area (Å²) in [6, 6.07) is 22.8. The van der Waals surface area contributed by atoms with Crippen molar-refractivity contribution in [3.63, 3.8) is 0 Å². The van der Waals surface area contributed by atoms with Gasteiger partial charge in [0.25, 0.3) is 0 Å². The number of benzene rings is 3. The van der Waals surface area contributed by atoms with Crippen LogP contribution in [0.3, 0.4) is 0 Å². The third kappa shape index (κ3) is 3.86. The van der Waals surface area contributed by atoms with E-state index in [0.717, 1.165) is 38.0 Å². The van der Waals surface area contributed by atoms with Gasteiger partial charge in [-0.2, -0.15) is 0 Å². The van der Waals surface area contributed by atoms with Gasteiger partial charge in [0, 0.05) is 23.2 Å². The molecule has 2 atom stereocenters. The number of carbonyl (C=O) groups is 2. The highest BCUT2D eigenvalue weighted by Gasteiger charge is 2.54. The van der Waals surface area contributed by atoms with Gasteiger partial charge in [-0.1, -0.05) is 81.7 Å². The number of hydrogen-bond acceptors (Lipinski definition) is 5. The zero-order valence-corrected chi connectivity index (χ0v) is 20.8. The lowest BCUT2D eigenvalue weighted by Gasteiger charge is -2.23. The standard InChI is InChI=1S/C28H23BrN2O5/c29-18-11-9-17(10-12-18)24-13-28(36-30-24)14-25(26(32)33)31(16-28)27(34)35-15-23-21-7-3-1-5-19(21)20-6-2-4-8-22(20)23/h1-12,23,25H,13-16H2,(H,32,33)/t25-,28+/m0/s1. The average Bonchev–Trinajstić information content (AvgIpc) is 3.57. The Morgan fingerprint density at radius 1 is 1.03 bits per heavy atom. The van der Waals surface area contributed by atoms with E-state index in [1.54, 1.807) is 0 Å². The summed E-state index contributed by atoms with van der Waals surface area (Å²) < 4.78 is 6.71. The molecule has 1 fully saturated rings. The zero-order chi connectivity index (χ0) is 24.9. The Labute approximate surface area is 216 Å². The van der Waals surface area contributed by atoms with Crippen molar-refractivity contribution in [2.75, 3.05) is 13.2 Å². The Balaban J connectivity index is 1.18. The van der Waals surface area contributed by atoms with Crippen LogP contribution in [0.4, 0.5) is 4.79 Å². The number of halogens is 1. The smallest absolute Gasteiger partial charge is 0.410 e. The maximum atomic E-state index is 13.2. The fourth-order valence-corrected chi connectivity index (χ4v) is 5.81. The van der Waals surface area contributed by atoms with E-state index < -0.39 is 23.7 Å². The minimum Gasteiger partial charge on any atom is -0.480 e. The van der Waals surface area contributed by atoms with Crippen LogP contribution in [-0.2, 0) is 14.4 Å². The number of amides is 1. The summed E-state index contributed by atoms with van der Waals surface area (Å²) in [4.78, 5) is 32.4. The molecular weight excluding hydrogens is 524 g/mol. The molecule has 1 N–H and O–H groups in total. The molecule has 0 radical (unpaired) electrons. The van der Waals surface area contributed by atoms with E-state index >= 15 is 0 Å². The first-order valence-corrected chi connectivity index (χ1v) is 12.6. The highest BCUT2D eigenvalue weighted by molar-refractivity contribution is 9.10. The lowest BCUT2D eigenvalue weighted by Crippen LogP contribution is -2.42. The summed E-state index contributed by atoms with van der Waals surface area (Å²) in [7, 11) is 0. The lowest BCUT2D eigenvalue weighted by molar-refractivity contribution is -0.141. The van der Waals surface area contributed by atoms with Crippen LogP contribution in [0.1, 0.15) is 35.4 Å². The Bertz CT molecular complexity index is 1340. The van der Waals surface area contributed by atoms with E-state index in [1.165, 1.54) is 4.90 Å². The van der Waals surface area contributed by atoms with Crippen LogP contribution in [-0.4, -0.2) is 52.6 Å². The van der Waals surface area contributed by atoms with Crippen LogP contribution in [0.25, 0.3) is 11.1 Å². The molecule has 1 amide bonds. The van der Waals surface area contributed by atoms with Gasteiger partial charge in [0.2, 0.25) is 0 Å². The van der Waals surface area contributed by atoms with E-state index in [4.69, 9.17) is 9.57 Å². The van der Waals surface area contributed by atoms with Crippen LogP contribution >= 0.6 is 15.9 Å². The molecule has 1 saturated heterocycles. The SMILES string of the molecule is O=C(O)[C@@H]1C[C@]2(CC(c3ccc(Br)cc3)=NO2)CN1C(=O)OCC1c2ccccc2-c2ccccc21. The van der Waals surface area contributed by atoms with Gasteiger partial charge < -0.3 is 14.7 Å². The summed E-state index contributed by atoms with van der Waals surface area (Å²) in [6.07, 6.45) is -0.0800. The Hall–Kier alpha value is -3.65. The van der Waals surface area contributed by atoms with Crippen molar-refractivity contribution in [2.24, 2.45) is 5.16 Å². The fraction of sp³-hybridized carbons (Fsp3) is 0.250. The second-order valence-corrected chi connectivity index (χ2v) is 10.4. The van der Waals surface area contributed by atoms with Gasteiger partial charge in [-0.3, -0.25) is 4.90 Å². The van der Waals surface area contributed by atoms with Crippen molar-refractivity contribution >= 4 is 33.7 Å². The first-order chi connectivity index (χ1) is 17.4. The maximum Gasteiger partial charge on any atom is 0.410 e. The van der Waals surface area contributed by atoms with Gasteiger partial charge in [-0.25, -0.2) is 9.59 Å². The van der Waals surface area contributed by atoms with Crippen molar-refractivity contribution in [3.05, 3.63) is 94.0 Å². The van der Waals surface area contributed by atoms with Crippen molar-refractivity contribution in [1.82, 2.24) is 4.90 Å². The zero-order valence-electron chi connectivity index (χ0n) is 19.3. The molecule has 1 spiro atoms. The second kappa shape index (κ2) is 8.78. The van der Waals surface area contributed by atoms with Crippen LogP contribution in [0.2, 0.25) is 0 Å². The summed E-state index contributed by atoms with van der Waals surface area (Å²) in [5.74, 6) is -1.18. The van der Waals surface area contributed by atoms with Gasteiger partial charge >= 0.3 is 12.1 Å². The van der Waals surface area contributed by atoms with E-state index in [9.17, 15) is 14.7 Å². The first-order valence-electron chi connectivity index (χ1n) is 11.8. The average molecular weight is 547 g/mol. The molecule has 3 aromatic carbocycles. The Morgan fingerprint density at radius 3 is 2.31 bits per heavy atom. The van der Waals surface area contributed by atoms with Crippen LogP contribution < -0.4 is 0 Å². The van der Waals surface area contributed by atoms with Gasteiger partial charge in [-0.15, -0.1) is 0 Å². The minimum atomic E-state index is -1.08. The number of ether oxygens (including phenoxy) is 1. The molecule has 0 aromatic heterocycles. The highest BCUT2D eigenvalue weighted by atomic mass is 79.9. The Kier molecular flexibility index (Phi) is 5.56. The summed E-state index contributed by atoms with van der Waals surface area (Å²) >= 11 is 3.42. The van der Waals surface area contributed by atoms with Gasteiger partial charge in [0.15, 0.2) is 5.60 Å². The lowest BCUT2D eigenvalue weighted by atomic mass is 9.92. The van der Waals surface area contributed by atoms with Gasteiger partial charge in [0.05, 0.1) is 12.3 Å².